The summed E-state index contributed by atoms with van der Waals surface area (Å²) in [5.41, 5.74) is 4.74. The molecule has 1 amide bonds. The summed E-state index contributed by atoms with van der Waals surface area (Å²) in [6.45, 7) is 6.14. The summed E-state index contributed by atoms with van der Waals surface area (Å²) < 4.78 is 0. The Morgan fingerprint density at radius 1 is 0.968 bits per heavy atom. The number of benzene rings is 1. The molecule has 4 aromatic rings. The summed E-state index contributed by atoms with van der Waals surface area (Å²) in [4.78, 5) is 23.0. The largest absolute Gasteiger partial charge is 0.359 e. The van der Waals surface area contributed by atoms with E-state index in [9.17, 15) is 4.79 Å². The van der Waals surface area contributed by atoms with Crippen LogP contribution in [-0.2, 0) is 0 Å². The minimum atomic E-state index is -0.209. The number of carbonyl (C=O) groups is 1. The van der Waals surface area contributed by atoms with Gasteiger partial charge in [-0.15, -0.1) is 11.3 Å². The van der Waals surface area contributed by atoms with Gasteiger partial charge in [-0.05, 0) is 62.2 Å². The molecule has 0 spiro atoms. The molecular formula is C25H24N4OS. The number of carbonyl (C=O) groups excluding carboxylic acids is 1. The Bertz CT molecular complexity index is 1190. The number of nitrogens with zero attached hydrogens (tertiary/aromatic N) is 2. The van der Waals surface area contributed by atoms with Crippen molar-refractivity contribution in [1.29, 1.82) is 0 Å². The molecule has 0 fully saturated rings. The zero-order valence-electron chi connectivity index (χ0n) is 17.7. The molecule has 0 bridgehead atoms. The molecule has 0 aliphatic heterocycles. The number of hydrogen-bond acceptors (Lipinski definition) is 5. The molecule has 0 aliphatic rings. The van der Waals surface area contributed by atoms with Gasteiger partial charge in [-0.1, -0.05) is 30.3 Å². The van der Waals surface area contributed by atoms with Crippen LogP contribution in [0.25, 0.3) is 0 Å². The Labute approximate surface area is 186 Å². The lowest BCUT2D eigenvalue weighted by molar-refractivity contribution is 0.102. The van der Waals surface area contributed by atoms with Crippen LogP contribution in [0.1, 0.15) is 43.7 Å². The molecule has 2 N–H and O–H groups in total. The Balaban J connectivity index is 1.76. The van der Waals surface area contributed by atoms with Crippen molar-refractivity contribution in [3.8, 4) is 0 Å². The van der Waals surface area contributed by atoms with Gasteiger partial charge in [0, 0.05) is 34.1 Å². The number of aromatic nitrogens is 2. The molecule has 0 saturated carbocycles. The van der Waals surface area contributed by atoms with Gasteiger partial charge in [0.15, 0.2) is 0 Å². The van der Waals surface area contributed by atoms with Crippen molar-refractivity contribution in [2.24, 2.45) is 0 Å². The number of rotatable bonds is 6. The molecule has 5 nitrogen and oxygen atoms in total. The van der Waals surface area contributed by atoms with Crippen molar-refractivity contribution in [2.75, 3.05) is 10.6 Å². The molecule has 1 atom stereocenters. The molecule has 0 radical (unpaired) electrons. The average molecular weight is 429 g/mol. The number of anilines is 2. The van der Waals surface area contributed by atoms with Crippen LogP contribution >= 0.6 is 11.3 Å². The molecule has 1 unspecified atom stereocenters. The number of thiophene rings is 1. The second-order valence-corrected chi connectivity index (χ2v) is 8.60. The van der Waals surface area contributed by atoms with Crippen LogP contribution in [0.2, 0.25) is 0 Å². The monoisotopic (exact) mass is 428 g/mol. The van der Waals surface area contributed by atoms with E-state index in [1.165, 1.54) is 0 Å². The van der Waals surface area contributed by atoms with Gasteiger partial charge in [-0.25, -0.2) is 4.98 Å². The van der Waals surface area contributed by atoms with Crippen molar-refractivity contribution in [3.05, 3.63) is 106 Å². The van der Waals surface area contributed by atoms with E-state index in [1.54, 1.807) is 17.5 Å². The van der Waals surface area contributed by atoms with Gasteiger partial charge in [-0.2, -0.15) is 0 Å². The Morgan fingerprint density at radius 2 is 1.77 bits per heavy atom. The van der Waals surface area contributed by atoms with Crippen LogP contribution in [0, 0.1) is 20.8 Å². The summed E-state index contributed by atoms with van der Waals surface area (Å²) in [5, 5.41) is 7.53. The highest BCUT2D eigenvalue weighted by atomic mass is 32.1. The number of nitrogens with one attached hydrogen (secondary N) is 2. The van der Waals surface area contributed by atoms with Gasteiger partial charge in [0.25, 0.3) is 5.91 Å². The van der Waals surface area contributed by atoms with Gasteiger partial charge < -0.3 is 10.6 Å². The smallest absolute Gasteiger partial charge is 0.256 e. The fourth-order valence-corrected chi connectivity index (χ4v) is 4.58. The molecule has 4 rings (SSSR count). The van der Waals surface area contributed by atoms with E-state index in [2.05, 4.69) is 34.4 Å². The van der Waals surface area contributed by atoms with Crippen molar-refractivity contribution in [1.82, 2.24) is 9.97 Å². The maximum absolute atomic E-state index is 12.9. The molecule has 0 saturated heterocycles. The Morgan fingerprint density at radius 3 is 2.48 bits per heavy atom. The second-order valence-electron chi connectivity index (χ2n) is 7.37. The number of pyridine rings is 2. The quantitative estimate of drug-likeness (QED) is 0.400. The van der Waals surface area contributed by atoms with Crippen molar-refractivity contribution < 1.29 is 4.79 Å². The molecule has 0 aliphatic carbocycles. The highest BCUT2D eigenvalue weighted by molar-refractivity contribution is 7.16. The standard InChI is InChI=1S/C25H24N4OS/c1-16-9-7-13-21(27-16)28-23(20-12-8-14-26-15-20)22-17(2)18(3)31-25(22)29-24(30)19-10-5-4-6-11-19/h4-15,23H,1-3H3,(H,27,28)(H,29,30). The Kier molecular flexibility index (Phi) is 6.09. The molecular weight excluding hydrogens is 404 g/mol. The van der Waals surface area contributed by atoms with Gasteiger partial charge in [0.05, 0.1) is 6.04 Å². The van der Waals surface area contributed by atoms with Crippen molar-refractivity contribution in [2.45, 2.75) is 26.8 Å². The third-order valence-corrected chi connectivity index (χ3v) is 6.32. The fourth-order valence-electron chi connectivity index (χ4n) is 3.49. The molecule has 1 aromatic carbocycles. The third kappa shape index (κ3) is 4.64. The number of hydrogen-bond donors (Lipinski definition) is 2. The zero-order chi connectivity index (χ0) is 21.8. The van der Waals surface area contributed by atoms with Gasteiger partial charge in [-0.3, -0.25) is 9.78 Å². The van der Waals surface area contributed by atoms with E-state index >= 15 is 0 Å². The van der Waals surface area contributed by atoms with E-state index in [4.69, 9.17) is 0 Å². The van der Waals surface area contributed by atoms with Gasteiger partial charge >= 0.3 is 0 Å². The van der Waals surface area contributed by atoms with Gasteiger partial charge in [0.2, 0.25) is 0 Å². The summed E-state index contributed by atoms with van der Waals surface area (Å²) in [6.07, 6.45) is 3.61. The first kappa shape index (κ1) is 20.8. The minimum Gasteiger partial charge on any atom is -0.359 e. The van der Waals surface area contributed by atoms with Crippen molar-refractivity contribution in [3.63, 3.8) is 0 Å². The SMILES string of the molecule is Cc1cccc(NC(c2cccnc2)c2c(NC(=O)c3ccccc3)sc(C)c2C)n1. The second kappa shape index (κ2) is 9.10. The molecule has 3 heterocycles. The van der Waals surface area contributed by atoms with Crippen LogP contribution in [0.15, 0.2) is 73.1 Å². The molecule has 31 heavy (non-hydrogen) atoms. The lowest BCUT2D eigenvalue weighted by Gasteiger charge is -2.22. The highest BCUT2D eigenvalue weighted by Crippen LogP contribution is 2.40. The normalized spacial score (nSPS) is 11.7. The summed E-state index contributed by atoms with van der Waals surface area (Å²) in [5.74, 6) is 0.652. The van der Waals surface area contributed by atoms with Crippen molar-refractivity contribution >= 4 is 28.1 Å². The Hall–Kier alpha value is -3.51. The summed E-state index contributed by atoms with van der Waals surface area (Å²) in [6, 6.07) is 18.9. The lowest BCUT2D eigenvalue weighted by atomic mass is 9.97. The van der Waals surface area contributed by atoms with E-state index < -0.39 is 0 Å². The third-order valence-electron chi connectivity index (χ3n) is 5.18. The number of aryl methyl sites for hydroxylation is 2. The molecule has 6 heteroatoms. The maximum atomic E-state index is 12.9. The topological polar surface area (TPSA) is 66.9 Å². The average Bonchev–Trinajstić information content (AvgIpc) is 3.06. The van der Waals surface area contributed by atoms with Crippen LogP contribution < -0.4 is 10.6 Å². The van der Waals surface area contributed by atoms with Crippen LogP contribution in [-0.4, -0.2) is 15.9 Å². The number of amides is 1. The molecule has 156 valence electrons. The van der Waals surface area contributed by atoms with Gasteiger partial charge in [0.1, 0.15) is 10.8 Å². The van der Waals surface area contributed by atoms with Crippen LogP contribution in [0.4, 0.5) is 10.8 Å². The zero-order valence-corrected chi connectivity index (χ0v) is 18.5. The first-order valence-corrected chi connectivity index (χ1v) is 10.9. The fraction of sp³-hybridized carbons (Fsp3) is 0.160. The van der Waals surface area contributed by atoms with Crippen LogP contribution in [0.5, 0.6) is 0 Å². The predicted octanol–water partition coefficient (Wildman–Crippen LogP) is 5.92. The molecule has 3 aromatic heterocycles. The van der Waals surface area contributed by atoms with E-state index in [-0.39, 0.29) is 11.9 Å². The van der Waals surface area contributed by atoms with Crippen LogP contribution in [0.3, 0.4) is 0 Å². The van der Waals surface area contributed by atoms with E-state index in [0.717, 1.165) is 38.1 Å². The highest BCUT2D eigenvalue weighted by Gasteiger charge is 2.25. The first-order valence-electron chi connectivity index (χ1n) is 10.1. The van der Waals surface area contributed by atoms with E-state index in [1.807, 2.05) is 73.8 Å². The maximum Gasteiger partial charge on any atom is 0.256 e. The summed E-state index contributed by atoms with van der Waals surface area (Å²) >= 11 is 1.59. The lowest BCUT2D eigenvalue weighted by Crippen LogP contribution is -2.18. The predicted molar refractivity (Wildman–Crippen MR) is 127 cm³/mol. The minimum absolute atomic E-state index is 0.123. The first-order chi connectivity index (χ1) is 15.0. The summed E-state index contributed by atoms with van der Waals surface area (Å²) in [7, 11) is 0. The van der Waals surface area contributed by atoms with E-state index in [0.29, 0.717) is 5.56 Å².